The van der Waals surface area contributed by atoms with Crippen LogP contribution in [0.3, 0.4) is 0 Å². The van der Waals surface area contributed by atoms with Crippen molar-refractivity contribution < 1.29 is 14.6 Å². The van der Waals surface area contributed by atoms with Crippen LogP contribution in [0.2, 0.25) is 0 Å². The minimum Gasteiger partial charge on any atom is -0.496 e. The highest BCUT2D eigenvalue weighted by molar-refractivity contribution is 9.10. The van der Waals surface area contributed by atoms with Gasteiger partial charge in [-0.2, -0.15) is 0 Å². The minimum atomic E-state index is -0.447. The van der Waals surface area contributed by atoms with Crippen LogP contribution in [0.25, 0.3) is 0 Å². The summed E-state index contributed by atoms with van der Waals surface area (Å²) >= 11 is 3.40. The maximum absolute atomic E-state index is 9.92. The molecule has 0 amide bonds. The predicted molar refractivity (Wildman–Crippen MR) is 66.8 cm³/mol. The minimum absolute atomic E-state index is 0.447. The smallest absolute Gasteiger partial charge is 0.133 e. The first kappa shape index (κ1) is 13.5. The molecule has 3 nitrogen and oxygen atoms in total. The van der Waals surface area contributed by atoms with E-state index in [2.05, 4.69) is 15.9 Å². The second-order valence-electron chi connectivity index (χ2n) is 3.54. The molecule has 0 spiro atoms. The molecule has 1 rings (SSSR count). The van der Waals surface area contributed by atoms with Crippen LogP contribution in [0.5, 0.6) is 5.75 Å². The van der Waals surface area contributed by atoms with Crippen molar-refractivity contribution in [2.24, 2.45) is 0 Å². The van der Waals surface area contributed by atoms with Crippen LogP contribution in [0.1, 0.15) is 24.5 Å². The summed E-state index contributed by atoms with van der Waals surface area (Å²) in [7, 11) is 3.28. The van der Waals surface area contributed by atoms with Crippen molar-refractivity contribution in [2.45, 2.75) is 18.9 Å². The maximum atomic E-state index is 9.92. The highest BCUT2D eigenvalue weighted by atomic mass is 79.9. The number of ether oxygens (including phenoxy) is 2. The SMILES string of the molecule is COCCCC(O)c1ccc(OC)c(Br)c1. The lowest BCUT2D eigenvalue weighted by molar-refractivity contribution is 0.136. The summed E-state index contributed by atoms with van der Waals surface area (Å²) in [4.78, 5) is 0. The highest BCUT2D eigenvalue weighted by Gasteiger charge is 2.09. The van der Waals surface area contributed by atoms with E-state index in [4.69, 9.17) is 9.47 Å². The topological polar surface area (TPSA) is 38.7 Å². The molecular weight excluding hydrogens is 272 g/mol. The summed E-state index contributed by atoms with van der Waals surface area (Å²) in [6.45, 7) is 0.675. The first-order valence-corrected chi connectivity index (χ1v) is 5.98. The number of halogens is 1. The van der Waals surface area contributed by atoms with E-state index in [1.54, 1.807) is 14.2 Å². The number of methoxy groups -OCH3 is 2. The van der Waals surface area contributed by atoms with Gasteiger partial charge in [-0.05, 0) is 46.5 Å². The average molecular weight is 289 g/mol. The van der Waals surface area contributed by atoms with Gasteiger partial charge in [-0.1, -0.05) is 6.07 Å². The van der Waals surface area contributed by atoms with E-state index in [0.717, 1.165) is 22.2 Å². The van der Waals surface area contributed by atoms with Gasteiger partial charge in [0, 0.05) is 13.7 Å². The lowest BCUT2D eigenvalue weighted by Gasteiger charge is -2.12. The van der Waals surface area contributed by atoms with Gasteiger partial charge in [-0.25, -0.2) is 0 Å². The molecule has 1 aromatic rings. The summed E-state index contributed by atoms with van der Waals surface area (Å²) in [5, 5.41) is 9.92. The van der Waals surface area contributed by atoms with Crippen molar-refractivity contribution in [3.05, 3.63) is 28.2 Å². The zero-order valence-corrected chi connectivity index (χ0v) is 11.2. The molecule has 0 aliphatic rings. The van der Waals surface area contributed by atoms with E-state index >= 15 is 0 Å². The Hall–Kier alpha value is -0.580. The molecule has 1 unspecified atom stereocenters. The molecular formula is C12H17BrO3. The third-order valence-electron chi connectivity index (χ3n) is 2.39. The van der Waals surface area contributed by atoms with Crippen molar-refractivity contribution in [3.63, 3.8) is 0 Å². The zero-order chi connectivity index (χ0) is 12.0. The van der Waals surface area contributed by atoms with Crippen LogP contribution in [0.4, 0.5) is 0 Å². The quantitative estimate of drug-likeness (QED) is 0.818. The first-order valence-electron chi connectivity index (χ1n) is 5.19. The van der Waals surface area contributed by atoms with Crippen LogP contribution in [-0.4, -0.2) is 25.9 Å². The number of aliphatic hydroxyl groups excluding tert-OH is 1. The Balaban J connectivity index is 2.62. The Labute approximate surface area is 105 Å². The molecule has 0 radical (unpaired) electrons. The van der Waals surface area contributed by atoms with Crippen LogP contribution in [0, 0.1) is 0 Å². The fourth-order valence-electron chi connectivity index (χ4n) is 1.48. The standard InChI is InChI=1S/C12H17BrO3/c1-15-7-3-4-11(14)9-5-6-12(16-2)10(13)8-9/h5-6,8,11,14H,3-4,7H2,1-2H3. The molecule has 0 aromatic heterocycles. The number of hydrogen-bond donors (Lipinski definition) is 1. The maximum Gasteiger partial charge on any atom is 0.133 e. The molecule has 1 aromatic carbocycles. The van der Waals surface area contributed by atoms with Gasteiger partial charge in [-0.3, -0.25) is 0 Å². The van der Waals surface area contributed by atoms with E-state index in [-0.39, 0.29) is 0 Å². The van der Waals surface area contributed by atoms with Gasteiger partial charge in [0.05, 0.1) is 17.7 Å². The molecule has 0 aliphatic carbocycles. The summed E-state index contributed by atoms with van der Waals surface area (Å²) in [5.74, 6) is 0.771. The molecule has 4 heteroatoms. The van der Waals surface area contributed by atoms with Crippen LogP contribution < -0.4 is 4.74 Å². The summed E-state index contributed by atoms with van der Waals surface area (Å²) in [5.41, 5.74) is 0.892. The Bertz CT molecular complexity index is 328. The van der Waals surface area contributed by atoms with E-state index in [9.17, 15) is 5.11 Å². The lowest BCUT2D eigenvalue weighted by atomic mass is 10.1. The average Bonchev–Trinajstić information content (AvgIpc) is 2.29. The summed E-state index contributed by atoms with van der Waals surface area (Å²) in [6, 6.07) is 5.61. The molecule has 1 N–H and O–H groups in total. The van der Waals surface area contributed by atoms with Crippen molar-refractivity contribution >= 4 is 15.9 Å². The Morgan fingerprint density at radius 3 is 2.69 bits per heavy atom. The van der Waals surface area contributed by atoms with Crippen molar-refractivity contribution in [1.29, 1.82) is 0 Å². The van der Waals surface area contributed by atoms with Crippen LogP contribution in [-0.2, 0) is 4.74 Å². The Morgan fingerprint density at radius 1 is 1.38 bits per heavy atom. The fourth-order valence-corrected chi connectivity index (χ4v) is 2.04. The number of rotatable bonds is 6. The van der Waals surface area contributed by atoms with Crippen molar-refractivity contribution in [1.82, 2.24) is 0 Å². The van der Waals surface area contributed by atoms with E-state index < -0.39 is 6.10 Å². The van der Waals surface area contributed by atoms with Gasteiger partial charge in [0.1, 0.15) is 5.75 Å². The molecule has 1 atom stereocenters. The Morgan fingerprint density at radius 2 is 2.12 bits per heavy atom. The summed E-state index contributed by atoms with van der Waals surface area (Å²) < 4.78 is 10.9. The second-order valence-corrected chi connectivity index (χ2v) is 4.40. The van der Waals surface area contributed by atoms with Gasteiger partial charge in [0.15, 0.2) is 0 Å². The summed E-state index contributed by atoms with van der Waals surface area (Å²) in [6.07, 6.45) is 1.10. The van der Waals surface area contributed by atoms with Gasteiger partial charge in [0.2, 0.25) is 0 Å². The van der Waals surface area contributed by atoms with Crippen LogP contribution in [0.15, 0.2) is 22.7 Å². The van der Waals surface area contributed by atoms with Crippen molar-refractivity contribution in [2.75, 3.05) is 20.8 Å². The molecule has 0 aliphatic heterocycles. The number of benzene rings is 1. The molecule has 0 saturated carbocycles. The second kappa shape index (κ2) is 6.89. The van der Waals surface area contributed by atoms with Gasteiger partial charge in [-0.15, -0.1) is 0 Å². The third kappa shape index (κ3) is 3.77. The normalized spacial score (nSPS) is 12.5. The first-order chi connectivity index (χ1) is 7.69. The molecule has 16 heavy (non-hydrogen) atoms. The molecule has 90 valence electrons. The van der Waals surface area contributed by atoms with Gasteiger partial charge < -0.3 is 14.6 Å². The lowest BCUT2D eigenvalue weighted by Crippen LogP contribution is -2.00. The fraction of sp³-hybridized carbons (Fsp3) is 0.500. The highest BCUT2D eigenvalue weighted by Crippen LogP contribution is 2.29. The van der Waals surface area contributed by atoms with E-state index in [1.165, 1.54) is 0 Å². The van der Waals surface area contributed by atoms with E-state index in [1.807, 2.05) is 18.2 Å². The van der Waals surface area contributed by atoms with Gasteiger partial charge >= 0.3 is 0 Å². The largest absolute Gasteiger partial charge is 0.496 e. The molecule has 0 heterocycles. The molecule has 0 saturated heterocycles. The Kier molecular flexibility index (Phi) is 5.80. The van der Waals surface area contributed by atoms with E-state index in [0.29, 0.717) is 13.0 Å². The molecule has 0 bridgehead atoms. The number of aliphatic hydroxyl groups is 1. The number of hydrogen-bond acceptors (Lipinski definition) is 3. The third-order valence-corrected chi connectivity index (χ3v) is 3.01. The predicted octanol–water partition coefficient (Wildman–Crippen LogP) is 2.92. The molecule has 0 fully saturated rings. The monoisotopic (exact) mass is 288 g/mol. The van der Waals surface area contributed by atoms with Gasteiger partial charge in [0.25, 0.3) is 0 Å². The van der Waals surface area contributed by atoms with Crippen molar-refractivity contribution in [3.8, 4) is 5.75 Å². The van der Waals surface area contributed by atoms with Crippen LogP contribution >= 0.6 is 15.9 Å². The zero-order valence-electron chi connectivity index (χ0n) is 9.57.